The SMILES string of the molecule is CCCCCCCCC(C(=O)O)C(C)c1ccc(-c2ncc(CCCC)cn2)cc1. The zero-order chi connectivity index (χ0) is 21.8. The Balaban J connectivity index is 1.96. The highest BCUT2D eigenvalue weighted by atomic mass is 16.4. The van der Waals surface area contributed by atoms with Gasteiger partial charge in [-0.1, -0.05) is 90.0 Å². The summed E-state index contributed by atoms with van der Waals surface area (Å²) < 4.78 is 0. The van der Waals surface area contributed by atoms with Crippen LogP contribution in [0.2, 0.25) is 0 Å². The number of carboxylic acids is 1. The number of benzene rings is 1. The van der Waals surface area contributed by atoms with E-state index in [1.807, 2.05) is 43.6 Å². The van der Waals surface area contributed by atoms with E-state index in [1.54, 1.807) is 0 Å². The van der Waals surface area contributed by atoms with Gasteiger partial charge in [0.15, 0.2) is 5.82 Å². The number of aryl methyl sites for hydroxylation is 1. The predicted octanol–water partition coefficient (Wildman–Crippen LogP) is 7.04. The molecule has 4 heteroatoms. The summed E-state index contributed by atoms with van der Waals surface area (Å²) in [5.74, 6) is -0.317. The third kappa shape index (κ3) is 7.55. The summed E-state index contributed by atoms with van der Waals surface area (Å²) in [6.07, 6.45) is 15.0. The van der Waals surface area contributed by atoms with Crippen LogP contribution in [-0.2, 0) is 11.2 Å². The molecule has 0 radical (unpaired) electrons. The molecule has 0 saturated heterocycles. The summed E-state index contributed by atoms with van der Waals surface area (Å²) in [5.41, 5.74) is 3.21. The minimum atomic E-state index is -0.689. The Bertz CT molecular complexity index is 741. The monoisotopic (exact) mass is 410 g/mol. The van der Waals surface area contributed by atoms with Crippen molar-refractivity contribution in [2.45, 2.75) is 90.9 Å². The fourth-order valence-corrected chi connectivity index (χ4v) is 3.91. The lowest BCUT2D eigenvalue weighted by Gasteiger charge is -2.21. The maximum Gasteiger partial charge on any atom is 0.307 e. The largest absolute Gasteiger partial charge is 0.481 e. The van der Waals surface area contributed by atoms with E-state index in [0.717, 1.165) is 55.5 Å². The van der Waals surface area contributed by atoms with Crippen LogP contribution >= 0.6 is 0 Å². The molecule has 0 aliphatic heterocycles. The highest BCUT2D eigenvalue weighted by Gasteiger charge is 2.25. The number of carboxylic acid groups (broad SMARTS) is 1. The lowest BCUT2D eigenvalue weighted by atomic mass is 9.83. The van der Waals surface area contributed by atoms with Gasteiger partial charge in [0, 0.05) is 18.0 Å². The Morgan fingerprint density at radius 3 is 2.10 bits per heavy atom. The molecule has 1 aromatic heterocycles. The molecule has 30 heavy (non-hydrogen) atoms. The second kappa shape index (κ2) is 13.1. The van der Waals surface area contributed by atoms with Crippen molar-refractivity contribution in [3.63, 3.8) is 0 Å². The molecule has 164 valence electrons. The molecule has 2 rings (SSSR count). The molecule has 0 spiro atoms. The Labute approximate surface area is 182 Å². The lowest BCUT2D eigenvalue weighted by molar-refractivity contribution is -0.142. The van der Waals surface area contributed by atoms with Crippen LogP contribution in [0.25, 0.3) is 11.4 Å². The van der Waals surface area contributed by atoms with Gasteiger partial charge < -0.3 is 5.11 Å². The molecule has 1 heterocycles. The first-order chi connectivity index (χ1) is 14.6. The van der Waals surface area contributed by atoms with Crippen molar-refractivity contribution >= 4 is 5.97 Å². The molecule has 0 aliphatic carbocycles. The normalized spacial score (nSPS) is 13.2. The van der Waals surface area contributed by atoms with Gasteiger partial charge in [-0.3, -0.25) is 4.79 Å². The molecular formula is C26H38N2O2. The maximum absolute atomic E-state index is 11.9. The van der Waals surface area contributed by atoms with Crippen LogP contribution in [0.15, 0.2) is 36.7 Å². The van der Waals surface area contributed by atoms with Gasteiger partial charge in [0.05, 0.1) is 5.92 Å². The van der Waals surface area contributed by atoms with Crippen LogP contribution in [-0.4, -0.2) is 21.0 Å². The average molecular weight is 411 g/mol. The molecule has 4 nitrogen and oxygen atoms in total. The molecule has 2 unspecified atom stereocenters. The first-order valence-corrected chi connectivity index (χ1v) is 11.7. The number of hydrogen-bond donors (Lipinski definition) is 1. The first-order valence-electron chi connectivity index (χ1n) is 11.7. The van der Waals surface area contributed by atoms with E-state index in [0.29, 0.717) is 0 Å². The summed E-state index contributed by atoms with van der Waals surface area (Å²) >= 11 is 0. The Kier molecular flexibility index (Phi) is 10.5. The summed E-state index contributed by atoms with van der Waals surface area (Å²) in [6, 6.07) is 8.09. The van der Waals surface area contributed by atoms with Gasteiger partial charge in [0.1, 0.15) is 0 Å². The van der Waals surface area contributed by atoms with Gasteiger partial charge in [-0.2, -0.15) is 0 Å². The van der Waals surface area contributed by atoms with Crippen LogP contribution in [0.4, 0.5) is 0 Å². The summed E-state index contributed by atoms with van der Waals surface area (Å²) in [5, 5.41) is 9.75. The van der Waals surface area contributed by atoms with E-state index in [2.05, 4.69) is 23.8 Å². The molecule has 1 N–H and O–H groups in total. The van der Waals surface area contributed by atoms with E-state index in [1.165, 1.54) is 31.2 Å². The van der Waals surface area contributed by atoms with Gasteiger partial charge in [-0.05, 0) is 36.3 Å². The van der Waals surface area contributed by atoms with Crippen molar-refractivity contribution in [3.8, 4) is 11.4 Å². The van der Waals surface area contributed by atoms with Crippen molar-refractivity contribution in [3.05, 3.63) is 47.8 Å². The topological polar surface area (TPSA) is 63.1 Å². The molecule has 0 saturated carbocycles. The second-order valence-electron chi connectivity index (χ2n) is 8.43. The zero-order valence-electron chi connectivity index (χ0n) is 18.9. The van der Waals surface area contributed by atoms with E-state index in [-0.39, 0.29) is 11.8 Å². The first kappa shape index (κ1) is 24.0. The van der Waals surface area contributed by atoms with Crippen molar-refractivity contribution in [1.82, 2.24) is 9.97 Å². The van der Waals surface area contributed by atoms with Crippen LogP contribution in [0.3, 0.4) is 0 Å². The average Bonchev–Trinajstić information content (AvgIpc) is 2.77. The van der Waals surface area contributed by atoms with Crippen LogP contribution in [0.5, 0.6) is 0 Å². The lowest BCUT2D eigenvalue weighted by Crippen LogP contribution is -2.20. The minimum absolute atomic E-state index is 0.00969. The van der Waals surface area contributed by atoms with E-state index in [4.69, 9.17) is 0 Å². The molecule has 2 aromatic rings. The zero-order valence-corrected chi connectivity index (χ0v) is 18.9. The molecule has 0 aliphatic rings. The highest BCUT2D eigenvalue weighted by molar-refractivity contribution is 5.71. The van der Waals surface area contributed by atoms with E-state index < -0.39 is 5.97 Å². The number of aliphatic carboxylic acids is 1. The molecule has 0 fully saturated rings. The number of hydrogen-bond acceptors (Lipinski definition) is 3. The van der Waals surface area contributed by atoms with E-state index in [9.17, 15) is 9.90 Å². The minimum Gasteiger partial charge on any atom is -0.481 e. The van der Waals surface area contributed by atoms with Gasteiger partial charge >= 0.3 is 5.97 Å². The number of unbranched alkanes of at least 4 members (excludes halogenated alkanes) is 6. The number of aromatic nitrogens is 2. The van der Waals surface area contributed by atoms with Gasteiger partial charge in [-0.15, -0.1) is 0 Å². The molecule has 0 amide bonds. The van der Waals surface area contributed by atoms with Crippen molar-refractivity contribution in [2.24, 2.45) is 5.92 Å². The molecule has 0 bridgehead atoms. The van der Waals surface area contributed by atoms with Gasteiger partial charge in [0.2, 0.25) is 0 Å². The maximum atomic E-state index is 11.9. The van der Waals surface area contributed by atoms with Gasteiger partial charge in [-0.25, -0.2) is 9.97 Å². The van der Waals surface area contributed by atoms with Crippen molar-refractivity contribution in [2.75, 3.05) is 0 Å². The number of carbonyl (C=O) groups is 1. The summed E-state index contributed by atoms with van der Waals surface area (Å²) in [7, 11) is 0. The Morgan fingerprint density at radius 1 is 0.900 bits per heavy atom. The Morgan fingerprint density at radius 2 is 1.50 bits per heavy atom. The van der Waals surface area contributed by atoms with Crippen molar-refractivity contribution < 1.29 is 9.90 Å². The smallest absolute Gasteiger partial charge is 0.307 e. The Hall–Kier alpha value is -2.23. The van der Waals surface area contributed by atoms with Crippen molar-refractivity contribution in [1.29, 1.82) is 0 Å². The van der Waals surface area contributed by atoms with Crippen LogP contribution in [0, 0.1) is 5.92 Å². The third-order valence-corrected chi connectivity index (χ3v) is 6.01. The summed E-state index contributed by atoms with van der Waals surface area (Å²) in [6.45, 7) is 6.42. The number of nitrogens with zero attached hydrogens (tertiary/aromatic N) is 2. The fourth-order valence-electron chi connectivity index (χ4n) is 3.91. The fraction of sp³-hybridized carbons (Fsp3) is 0.577. The highest BCUT2D eigenvalue weighted by Crippen LogP contribution is 2.30. The predicted molar refractivity (Wildman–Crippen MR) is 124 cm³/mol. The van der Waals surface area contributed by atoms with E-state index >= 15 is 0 Å². The van der Waals surface area contributed by atoms with Crippen LogP contribution < -0.4 is 0 Å². The van der Waals surface area contributed by atoms with Crippen LogP contribution in [0.1, 0.15) is 95.6 Å². The number of rotatable bonds is 14. The molecule has 2 atom stereocenters. The quantitative estimate of drug-likeness (QED) is 0.339. The third-order valence-electron chi connectivity index (χ3n) is 6.01. The summed E-state index contributed by atoms with van der Waals surface area (Å²) in [4.78, 5) is 20.9. The standard InChI is InChI=1S/C26H38N2O2/c1-4-6-8-9-10-11-13-24(26(29)30)20(3)22-14-16-23(17-15-22)25-27-18-21(19-28-25)12-7-5-2/h14-20,24H,4-13H2,1-3H3,(H,29,30). The second-order valence-corrected chi connectivity index (χ2v) is 8.43. The van der Waals surface area contributed by atoms with Gasteiger partial charge in [0.25, 0.3) is 0 Å². The molecule has 1 aromatic carbocycles. The molecular weight excluding hydrogens is 372 g/mol.